The van der Waals surface area contributed by atoms with Crippen LogP contribution in [0.4, 0.5) is 0 Å². The number of ether oxygens (including phenoxy) is 1. The zero-order chi connectivity index (χ0) is 14.5. The van der Waals surface area contributed by atoms with Gasteiger partial charge in [0, 0.05) is 37.7 Å². The highest BCUT2D eigenvalue weighted by atomic mass is 16.5. The predicted molar refractivity (Wildman–Crippen MR) is 79.2 cm³/mol. The zero-order valence-electron chi connectivity index (χ0n) is 12.6. The molecule has 2 heterocycles. The number of aryl methyl sites for hydroxylation is 1. The van der Waals surface area contributed by atoms with Gasteiger partial charge in [0.25, 0.3) is 0 Å². The van der Waals surface area contributed by atoms with E-state index >= 15 is 0 Å². The molecule has 1 N–H and O–H groups in total. The largest absolute Gasteiger partial charge is 0.383 e. The van der Waals surface area contributed by atoms with E-state index < -0.39 is 0 Å². The molecule has 0 saturated heterocycles. The smallest absolute Gasteiger partial charge is 0.158 e. The molecular weight excluding hydrogens is 252 g/mol. The third-order valence-corrected chi connectivity index (χ3v) is 3.52. The average Bonchev–Trinajstić information content (AvgIpc) is 2.72. The molecule has 2 aromatic heterocycles. The van der Waals surface area contributed by atoms with E-state index in [-0.39, 0.29) is 0 Å². The highest BCUT2D eigenvalue weighted by Gasteiger charge is 2.12. The summed E-state index contributed by atoms with van der Waals surface area (Å²) in [7, 11) is 1.70. The third-order valence-electron chi connectivity index (χ3n) is 3.52. The molecule has 5 nitrogen and oxygen atoms in total. The van der Waals surface area contributed by atoms with Gasteiger partial charge in [0.2, 0.25) is 0 Å². The minimum Gasteiger partial charge on any atom is -0.383 e. The van der Waals surface area contributed by atoms with Crippen molar-refractivity contribution in [2.45, 2.75) is 27.3 Å². The standard InChI is InChI=1S/C15H22N4O/c1-11-12(2)18-19(13(11)3)15-14(6-5-7-17-15)10-16-8-9-20-4/h5-7,16H,8-10H2,1-4H3. The maximum atomic E-state index is 5.04. The first-order valence-electron chi connectivity index (χ1n) is 6.82. The maximum absolute atomic E-state index is 5.04. The predicted octanol–water partition coefficient (Wildman–Crippen LogP) is 1.93. The molecule has 0 aliphatic heterocycles. The lowest BCUT2D eigenvalue weighted by Crippen LogP contribution is -2.20. The number of hydrogen-bond acceptors (Lipinski definition) is 4. The Bertz CT molecular complexity index is 577. The molecule has 0 spiro atoms. The Balaban J connectivity index is 2.25. The first-order valence-corrected chi connectivity index (χ1v) is 6.82. The fourth-order valence-electron chi connectivity index (χ4n) is 2.08. The molecule has 0 saturated carbocycles. The van der Waals surface area contributed by atoms with E-state index in [1.165, 1.54) is 5.56 Å². The van der Waals surface area contributed by atoms with E-state index in [1.807, 2.05) is 17.7 Å². The lowest BCUT2D eigenvalue weighted by molar-refractivity contribution is 0.199. The van der Waals surface area contributed by atoms with Crippen molar-refractivity contribution in [1.82, 2.24) is 20.1 Å². The second-order valence-corrected chi connectivity index (χ2v) is 4.86. The van der Waals surface area contributed by atoms with E-state index in [9.17, 15) is 0 Å². The lowest BCUT2D eigenvalue weighted by atomic mass is 10.2. The number of hydrogen-bond donors (Lipinski definition) is 1. The Morgan fingerprint density at radius 1 is 1.30 bits per heavy atom. The number of aromatic nitrogens is 3. The van der Waals surface area contributed by atoms with Gasteiger partial charge in [0.05, 0.1) is 12.3 Å². The summed E-state index contributed by atoms with van der Waals surface area (Å²) in [6.45, 7) is 8.47. The average molecular weight is 274 g/mol. The van der Waals surface area contributed by atoms with Crippen molar-refractivity contribution in [2.24, 2.45) is 0 Å². The summed E-state index contributed by atoms with van der Waals surface area (Å²) in [6, 6.07) is 4.03. The first kappa shape index (κ1) is 14.7. The molecule has 0 atom stereocenters. The van der Waals surface area contributed by atoms with Crippen LogP contribution in [0.5, 0.6) is 0 Å². The minimum atomic E-state index is 0.703. The van der Waals surface area contributed by atoms with Gasteiger partial charge in [0.1, 0.15) is 0 Å². The highest BCUT2D eigenvalue weighted by Crippen LogP contribution is 2.18. The second kappa shape index (κ2) is 6.63. The van der Waals surface area contributed by atoms with Crippen molar-refractivity contribution in [3.63, 3.8) is 0 Å². The summed E-state index contributed by atoms with van der Waals surface area (Å²) in [5, 5.41) is 7.93. The molecule has 0 unspecified atom stereocenters. The van der Waals surface area contributed by atoms with Gasteiger partial charge in [-0.1, -0.05) is 6.07 Å². The highest BCUT2D eigenvalue weighted by molar-refractivity contribution is 5.37. The molecule has 0 aliphatic carbocycles. The molecule has 2 rings (SSSR count). The van der Waals surface area contributed by atoms with Crippen LogP contribution in [0.3, 0.4) is 0 Å². The van der Waals surface area contributed by atoms with Gasteiger partial charge >= 0.3 is 0 Å². The topological polar surface area (TPSA) is 52.0 Å². The molecule has 0 aliphatic rings. The maximum Gasteiger partial charge on any atom is 0.158 e. The van der Waals surface area contributed by atoms with Gasteiger partial charge in [-0.3, -0.25) is 0 Å². The van der Waals surface area contributed by atoms with E-state index in [4.69, 9.17) is 4.74 Å². The van der Waals surface area contributed by atoms with Crippen LogP contribution in [-0.2, 0) is 11.3 Å². The number of rotatable bonds is 6. The van der Waals surface area contributed by atoms with Gasteiger partial charge in [-0.15, -0.1) is 0 Å². The van der Waals surface area contributed by atoms with Crippen LogP contribution in [-0.4, -0.2) is 35.0 Å². The number of nitrogens with zero attached hydrogens (tertiary/aromatic N) is 3. The van der Waals surface area contributed by atoms with Crippen LogP contribution in [0.25, 0.3) is 5.82 Å². The Morgan fingerprint density at radius 3 is 2.75 bits per heavy atom. The second-order valence-electron chi connectivity index (χ2n) is 4.86. The van der Waals surface area contributed by atoms with Gasteiger partial charge in [0.15, 0.2) is 5.82 Å². The van der Waals surface area contributed by atoms with E-state index in [2.05, 4.69) is 35.3 Å². The number of pyridine rings is 1. The van der Waals surface area contributed by atoms with Crippen molar-refractivity contribution in [3.05, 3.63) is 40.8 Å². The lowest BCUT2D eigenvalue weighted by Gasteiger charge is -2.11. The summed E-state index contributed by atoms with van der Waals surface area (Å²) in [4.78, 5) is 4.49. The normalized spacial score (nSPS) is 11.0. The summed E-state index contributed by atoms with van der Waals surface area (Å²) < 4.78 is 6.97. The molecule has 5 heteroatoms. The SMILES string of the molecule is COCCNCc1cccnc1-n1nc(C)c(C)c1C. The van der Waals surface area contributed by atoms with E-state index in [0.717, 1.165) is 35.9 Å². The van der Waals surface area contributed by atoms with Crippen LogP contribution in [0.1, 0.15) is 22.5 Å². The molecule has 0 bridgehead atoms. The van der Waals surface area contributed by atoms with Crippen LogP contribution in [0.15, 0.2) is 18.3 Å². The Labute approximate surface area is 120 Å². The van der Waals surface area contributed by atoms with Gasteiger partial charge < -0.3 is 10.1 Å². The first-order chi connectivity index (χ1) is 9.65. The molecule has 108 valence electrons. The van der Waals surface area contributed by atoms with E-state index in [1.54, 1.807) is 13.3 Å². The molecule has 0 amide bonds. The van der Waals surface area contributed by atoms with Crippen LogP contribution >= 0.6 is 0 Å². The minimum absolute atomic E-state index is 0.703. The number of nitrogens with one attached hydrogen (secondary N) is 1. The molecule has 20 heavy (non-hydrogen) atoms. The van der Waals surface area contributed by atoms with Gasteiger partial charge in [-0.2, -0.15) is 5.10 Å². The van der Waals surface area contributed by atoms with Crippen LogP contribution in [0.2, 0.25) is 0 Å². The van der Waals surface area contributed by atoms with Crippen molar-refractivity contribution in [1.29, 1.82) is 0 Å². The van der Waals surface area contributed by atoms with Crippen molar-refractivity contribution in [3.8, 4) is 5.82 Å². The third kappa shape index (κ3) is 3.05. The summed E-state index contributed by atoms with van der Waals surface area (Å²) in [6.07, 6.45) is 1.81. The monoisotopic (exact) mass is 274 g/mol. The Morgan fingerprint density at radius 2 is 2.10 bits per heavy atom. The fourth-order valence-corrected chi connectivity index (χ4v) is 2.08. The zero-order valence-corrected chi connectivity index (χ0v) is 12.6. The van der Waals surface area contributed by atoms with Gasteiger partial charge in [-0.25, -0.2) is 9.67 Å². The number of methoxy groups -OCH3 is 1. The molecular formula is C15H22N4O. The van der Waals surface area contributed by atoms with Gasteiger partial charge in [-0.05, 0) is 32.4 Å². The van der Waals surface area contributed by atoms with Crippen LogP contribution in [0, 0.1) is 20.8 Å². The summed E-state index contributed by atoms with van der Waals surface area (Å²) in [5.74, 6) is 0.895. The Kier molecular flexibility index (Phi) is 4.87. The van der Waals surface area contributed by atoms with E-state index in [0.29, 0.717) is 6.61 Å². The Hall–Kier alpha value is -1.72. The van der Waals surface area contributed by atoms with Crippen molar-refractivity contribution in [2.75, 3.05) is 20.3 Å². The van der Waals surface area contributed by atoms with Crippen LogP contribution < -0.4 is 5.32 Å². The summed E-state index contributed by atoms with van der Waals surface area (Å²) >= 11 is 0. The summed E-state index contributed by atoms with van der Waals surface area (Å²) in [5.41, 5.74) is 4.54. The molecule has 0 fully saturated rings. The molecule has 0 aromatic carbocycles. The molecule has 0 radical (unpaired) electrons. The van der Waals surface area contributed by atoms with Crippen molar-refractivity contribution >= 4 is 0 Å². The van der Waals surface area contributed by atoms with Crippen molar-refractivity contribution < 1.29 is 4.74 Å². The fraction of sp³-hybridized carbons (Fsp3) is 0.467. The molecule has 2 aromatic rings. The quantitative estimate of drug-likeness (QED) is 0.818.